The second-order valence-electron chi connectivity index (χ2n) is 4.76. The second-order valence-corrected chi connectivity index (χ2v) is 4.76. The van der Waals surface area contributed by atoms with Crippen molar-refractivity contribution < 1.29 is 4.52 Å². The molecule has 0 aliphatic heterocycles. The smallest absolute Gasteiger partial charge is 0.228 e. The molecular formula is C15H16N4O. The van der Waals surface area contributed by atoms with Crippen LogP contribution in [0.5, 0.6) is 0 Å². The third-order valence-corrected chi connectivity index (χ3v) is 3.12. The number of para-hydroxylation sites is 1. The largest absolute Gasteiger partial charge is 0.369 e. The molecule has 20 heavy (non-hydrogen) atoms. The van der Waals surface area contributed by atoms with E-state index in [1.165, 1.54) is 0 Å². The Balaban J connectivity index is 1.72. The predicted molar refractivity (Wildman–Crippen MR) is 77.7 cm³/mol. The number of aromatic nitrogens is 3. The van der Waals surface area contributed by atoms with Gasteiger partial charge in [0.2, 0.25) is 5.89 Å². The van der Waals surface area contributed by atoms with Crippen molar-refractivity contribution in [1.82, 2.24) is 15.1 Å². The summed E-state index contributed by atoms with van der Waals surface area (Å²) in [5.41, 5.74) is 2.12. The zero-order valence-electron chi connectivity index (χ0n) is 11.6. The van der Waals surface area contributed by atoms with E-state index >= 15 is 0 Å². The molecular weight excluding hydrogens is 252 g/mol. The standard InChI is InChI=1S/C15H16N4O/c1-10-9-12-5-3-4-6-13(12)18-15(10)16-8-7-14-17-11(2)19-20-14/h3-6,9H,7-8H2,1-2H3,(H,16,18). The van der Waals surface area contributed by atoms with Crippen molar-refractivity contribution in [2.24, 2.45) is 0 Å². The summed E-state index contributed by atoms with van der Waals surface area (Å²) in [5, 5.41) is 8.25. The van der Waals surface area contributed by atoms with Gasteiger partial charge in [-0.2, -0.15) is 4.98 Å². The molecule has 0 atom stereocenters. The maximum atomic E-state index is 5.08. The number of aryl methyl sites for hydroxylation is 2. The van der Waals surface area contributed by atoms with Gasteiger partial charge in [-0.05, 0) is 31.5 Å². The van der Waals surface area contributed by atoms with Gasteiger partial charge in [0, 0.05) is 18.4 Å². The van der Waals surface area contributed by atoms with Crippen LogP contribution in [0.3, 0.4) is 0 Å². The van der Waals surface area contributed by atoms with Crippen LogP contribution in [0.25, 0.3) is 10.9 Å². The van der Waals surface area contributed by atoms with Crippen LogP contribution in [0.4, 0.5) is 5.82 Å². The Morgan fingerprint density at radius 2 is 2.00 bits per heavy atom. The van der Waals surface area contributed by atoms with Crippen LogP contribution in [-0.2, 0) is 6.42 Å². The van der Waals surface area contributed by atoms with E-state index in [2.05, 4.69) is 39.5 Å². The highest BCUT2D eigenvalue weighted by Crippen LogP contribution is 2.19. The second kappa shape index (κ2) is 5.28. The average molecular weight is 268 g/mol. The molecule has 0 amide bonds. The van der Waals surface area contributed by atoms with E-state index in [0.717, 1.165) is 22.3 Å². The third-order valence-electron chi connectivity index (χ3n) is 3.12. The van der Waals surface area contributed by atoms with Crippen molar-refractivity contribution >= 4 is 16.7 Å². The molecule has 0 saturated carbocycles. The maximum absolute atomic E-state index is 5.08. The average Bonchev–Trinajstić information content (AvgIpc) is 2.85. The van der Waals surface area contributed by atoms with Gasteiger partial charge in [0.15, 0.2) is 5.82 Å². The SMILES string of the molecule is Cc1noc(CCNc2nc3ccccc3cc2C)n1. The van der Waals surface area contributed by atoms with Gasteiger partial charge in [-0.1, -0.05) is 23.4 Å². The molecule has 0 bridgehead atoms. The topological polar surface area (TPSA) is 63.8 Å². The lowest BCUT2D eigenvalue weighted by Crippen LogP contribution is -2.08. The molecule has 5 heteroatoms. The fourth-order valence-electron chi connectivity index (χ4n) is 2.13. The van der Waals surface area contributed by atoms with E-state index in [0.29, 0.717) is 24.7 Å². The highest BCUT2D eigenvalue weighted by molar-refractivity contribution is 5.81. The molecule has 0 unspecified atom stereocenters. The number of nitrogens with zero attached hydrogens (tertiary/aromatic N) is 3. The fourth-order valence-corrected chi connectivity index (χ4v) is 2.13. The Kier molecular flexibility index (Phi) is 3.33. The minimum Gasteiger partial charge on any atom is -0.369 e. The number of rotatable bonds is 4. The van der Waals surface area contributed by atoms with Crippen LogP contribution in [0.15, 0.2) is 34.9 Å². The monoisotopic (exact) mass is 268 g/mol. The Morgan fingerprint density at radius 1 is 1.15 bits per heavy atom. The zero-order valence-corrected chi connectivity index (χ0v) is 11.6. The first-order valence-corrected chi connectivity index (χ1v) is 6.62. The lowest BCUT2D eigenvalue weighted by atomic mass is 10.1. The minimum atomic E-state index is 0.647. The molecule has 1 N–H and O–H groups in total. The van der Waals surface area contributed by atoms with Crippen molar-refractivity contribution in [3.8, 4) is 0 Å². The molecule has 0 spiro atoms. The molecule has 0 fully saturated rings. The summed E-state index contributed by atoms with van der Waals surface area (Å²) in [6.45, 7) is 4.59. The number of benzene rings is 1. The van der Waals surface area contributed by atoms with Crippen LogP contribution >= 0.6 is 0 Å². The van der Waals surface area contributed by atoms with Crippen LogP contribution in [0, 0.1) is 13.8 Å². The third kappa shape index (κ3) is 2.61. The van der Waals surface area contributed by atoms with Gasteiger partial charge in [-0.25, -0.2) is 4.98 Å². The van der Waals surface area contributed by atoms with Crippen molar-refractivity contribution in [2.45, 2.75) is 20.3 Å². The molecule has 0 radical (unpaired) electrons. The quantitative estimate of drug-likeness (QED) is 0.788. The number of anilines is 1. The highest BCUT2D eigenvalue weighted by Gasteiger charge is 2.05. The molecule has 3 rings (SSSR count). The Labute approximate surface area is 117 Å². The van der Waals surface area contributed by atoms with Crippen molar-refractivity contribution in [1.29, 1.82) is 0 Å². The van der Waals surface area contributed by atoms with E-state index in [4.69, 9.17) is 4.52 Å². The van der Waals surface area contributed by atoms with Gasteiger partial charge in [0.05, 0.1) is 5.52 Å². The van der Waals surface area contributed by atoms with Crippen LogP contribution in [0.2, 0.25) is 0 Å². The lowest BCUT2D eigenvalue weighted by Gasteiger charge is -2.09. The van der Waals surface area contributed by atoms with Crippen LogP contribution in [0.1, 0.15) is 17.3 Å². The normalized spacial score (nSPS) is 10.9. The van der Waals surface area contributed by atoms with Crippen molar-refractivity contribution in [3.05, 3.63) is 47.6 Å². The minimum absolute atomic E-state index is 0.647. The molecule has 102 valence electrons. The number of hydrogen-bond donors (Lipinski definition) is 1. The highest BCUT2D eigenvalue weighted by atomic mass is 16.5. The lowest BCUT2D eigenvalue weighted by molar-refractivity contribution is 0.377. The summed E-state index contributed by atoms with van der Waals surface area (Å²) in [5.74, 6) is 2.22. The number of fused-ring (bicyclic) bond motifs is 1. The molecule has 0 saturated heterocycles. The summed E-state index contributed by atoms with van der Waals surface area (Å²) < 4.78 is 5.08. The van der Waals surface area contributed by atoms with Crippen molar-refractivity contribution in [2.75, 3.05) is 11.9 Å². The number of hydrogen-bond acceptors (Lipinski definition) is 5. The molecule has 5 nitrogen and oxygen atoms in total. The summed E-state index contributed by atoms with van der Waals surface area (Å²) >= 11 is 0. The van der Waals surface area contributed by atoms with Gasteiger partial charge in [0.1, 0.15) is 5.82 Å². The summed E-state index contributed by atoms with van der Waals surface area (Å²) in [6.07, 6.45) is 0.689. The first kappa shape index (κ1) is 12.6. The molecule has 0 aliphatic rings. The molecule has 0 aliphatic carbocycles. The van der Waals surface area contributed by atoms with E-state index < -0.39 is 0 Å². The first-order chi connectivity index (χ1) is 9.72. The fraction of sp³-hybridized carbons (Fsp3) is 0.267. The Morgan fingerprint density at radius 3 is 2.80 bits per heavy atom. The predicted octanol–water partition coefficient (Wildman–Crippen LogP) is 2.89. The van der Waals surface area contributed by atoms with Gasteiger partial charge < -0.3 is 9.84 Å². The Bertz CT molecular complexity index is 736. The van der Waals surface area contributed by atoms with E-state index in [1.54, 1.807) is 0 Å². The van der Waals surface area contributed by atoms with E-state index in [-0.39, 0.29) is 0 Å². The van der Waals surface area contributed by atoms with Crippen LogP contribution in [-0.4, -0.2) is 21.7 Å². The molecule has 2 aromatic heterocycles. The molecule has 1 aromatic carbocycles. The van der Waals surface area contributed by atoms with E-state index in [1.807, 2.05) is 25.1 Å². The summed E-state index contributed by atoms with van der Waals surface area (Å²) in [7, 11) is 0. The summed E-state index contributed by atoms with van der Waals surface area (Å²) in [6, 6.07) is 10.2. The van der Waals surface area contributed by atoms with Crippen LogP contribution < -0.4 is 5.32 Å². The number of pyridine rings is 1. The molecule has 2 heterocycles. The van der Waals surface area contributed by atoms with E-state index in [9.17, 15) is 0 Å². The van der Waals surface area contributed by atoms with Gasteiger partial charge in [-0.3, -0.25) is 0 Å². The Hall–Kier alpha value is -2.43. The van der Waals surface area contributed by atoms with Gasteiger partial charge in [0.25, 0.3) is 0 Å². The zero-order chi connectivity index (χ0) is 13.9. The maximum Gasteiger partial charge on any atom is 0.228 e. The number of nitrogens with one attached hydrogen (secondary N) is 1. The first-order valence-electron chi connectivity index (χ1n) is 6.62. The summed E-state index contributed by atoms with van der Waals surface area (Å²) in [4.78, 5) is 8.81. The molecule has 3 aromatic rings. The van der Waals surface area contributed by atoms with Crippen molar-refractivity contribution in [3.63, 3.8) is 0 Å². The van der Waals surface area contributed by atoms with Gasteiger partial charge >= 0.3 is 0 Å². The van der Waals surface area contributed by atoms with Gasteiger partial charge in [-0.15, -0.1) is 0 Å².